The largest absolute Gasteiger partial charge is 0.453 e. The van der Waals surface area contributed by atoms with Crippen molar-refractivity contribution in [2.24, 2.45) is 5.92 Å². The lowest BCUT2D eigenvalue weighted by molar-refractivity contribution is -0.169. The van der Waals surface area contributed by atoms with Gasteiger partial charge in [0.1, 0.15) is 5.60 Å². The third-order valence-electron chi connectivity index (χ3n) is 2.93. The second-order valence-corrected chi connectivity index (χ2v) is 5.69. The first-order chi connectivity index (χ1) is 8.86. The van der Waals surface area contributed by atoms with E-state index in [0.29, 0.717) is 6.42 Å². The summed E-state index contributed by atoms with van der Waals surface area (Å²) in [7, 11) is 0. The molecule has 0 amide bonds. The van der Waals surface area contributed by atoms with Crippen LogP contribution in [0.25, 0.3) is 0 Å². The molecule has 19 heavy (non-hydrogen) atoms. The van der Waals surface area contributed by atoms with Crippen LogP contribution in [0.2, 0.25) is 0 Å². The van der Waals surface area contributed by atoms with E-state index >= 15 is 0 Å². The van der Waals surface area contributed by atoms with Crippen molar-refractivity contribution in [2.45, 2.75) is 39.7 Å². The van der Waals surface area contributed by atoms with Gasteiger partial charge in [-0.2, -0.15) is 11.3 Å². The zero-order valence-corrected chi connectivity index (χ0v) is 12.6. The summed E-state index contributed by atoms with van der Waals surface area (Å²) in [6.07, 6.45) is 0.689. The van der Waals surface area contributed by atoms with Gasteiger partial charge in [0, 0.05) is 5.56 Å². The molecule has 1 unspecified atom stereocenters. The van der Waals surface area contributed by atoms with Gasteiger partial charge in [-0.3, -0.25) is 4.79 Å². The minimum atomic E-state index is -0.708. The molecule has 1 atom stereocenters. The fourth-order valence-electron chi connectivity index (χ4n) is 1.42. The van der Waals surface area contributed by atoms with E-state index in [0.717, 1.165) is 5.56 Å². The normalized spacial score (nSPS) is 12.8. The molecule has 0 aliphatic rings. The Balaban J connectivity index is 2.46. The number of ether oxygens (including phenoxy) is 2. The van der Waals surface area contributed by atoms with E-state index < -0.39 is 11.6 Å². The van der Waals surface area contributed by atoms with Gasteiger partial charge in [-0.15, -0.1) is 0 Å². The van der Waals surface area contributed by atoms with E-state index in [2.05, 4.69) is 0 Å². The molecule has 1 rings (SSSR count). The van der Waals surface area contributed by atoms with Crippen molar-refractivity contribution < 1.29 is 19.1 Å². The second kappa shape index (κ2) is 6.70. The molecule has 5 heteroatoms. The van der Waals surface area contributed by atoms with Crippen molar-refractivity contribution in [1.82, 2.24) is 0 Å². The van der Waals surface area contributed by atoms with Crippen molar-refractivity contribution in [3.05, 3.63) is 22.4 Å². The van der Waals surface area contributed by atoms with E-state index in [4.69, 9.17) is 9.47 Å². The van der Waals surface area contributed by atoms with Crippen molar-refractivity contribution in [1.29, 1.82) is 0 Å². The van der Waals surface area contributed by atoms with E-state index in [1.165, 1.54) is 0 Å². The summed E-state index contributed by atoms with van der Waals surface area (Å²) in [5.41, 5.74) is 0.221. The predicted octanol–water partition coefficient (Wildman–Crippen LogP) is 3.12. The molecule has 1 heterocycles. The number of hydrogen-bond donors (Lipinski definition) is 0. The van der Waals surface area contributed by atoms with E-state index in [1.807, 2.05) is 37.6 Å². The Bertz CT molecular complexity index is 423. The van der Waals surface area contributed by atoms with Crippen LogP contribution >= 0.6 is 11.3 Å². The van der Waals surface area contributed by atoms with Gasteiger partial charge in [-0.25, -0.2) is 4.79 Å². The first-order valence-corrected chi connectivity index (χ1v) is 7.22. The second-order valence-electron chi connectivity index (χ2n) is 4.91. The summed E-state index contributed by atoms with van der Waals surface area (Å²) < 4.78 is 10.2. The molecule has 4 nitrogen and oxygen atoms in total. The average molecular weight is 284 g/mol. The standard InChI is InChI=1S/C14H20O4S/c1-5-10(2)13(16)17-8-12(15)18-14(3,4)11-6-7-19-9-11/h6-7,9-10H,5,8H2,1-4H3. The van der Waals surface area contributed by atoms with Crippen molar-refractivity contribution in [3.63, 3.8) is 0 Å². The average Bonchev–Trinajstić information content (AvgIpc) is 2.88. The predicted molar refractivity (Wildman–Crippen MR) is 73.9 cm³/mol. The van der Waals surface area contributed by atoms with Crippen LogP contribution in [0.4, 0.5) is 0 Å². The van der Waals surface area contributed by atoms with E-state index in [-0.39, 0.29) is 18.5 Å². The minimum absolute atomic E-state index is 0.197. The maximum absolute atomic E-state index is 11.7. The lowest BCUT2D eigenvalue weighted by Crippen LogP contribution is -2.29. The zero-order valence-electron chi connectivity index (χ0n) is 11.8. The molecule has 1 aromatic heterocycles. The summed E-state index contributed by atoms with van der Waals surface area (Å²) in [6, 6.07) is 1.91. The highest BCUT2D eigenvalue weighted by molar-refractivity contribution is 7.08. The molecule has 1 aromatic rings. The van der Waals surface area contributed by atoms with Crippen LogP contribution in [0.5, 0.6) is 0 Å². The Labute approximate surface area is 117 Å². The summed E-state index contributed by atoms with van der Waals surface area (Å²) >= 11 is 1.54. The summed E-state index contributed by atoms with van der Waals surface area (Å²) in [6.45, 7) is 6.94. The van der Waals surface area contributed by atoms with Gasteiger partial charge in [0.25, 0.3) is 0 Å². The molecule has 0 N–H and O–H groups in total. The zero-order chi connectivity index (χ0) is 14.5. The van der Waals surface area contributed by atoms with Gasteiger partial charge in [-0.1, -0.05) is 13.8 Å². The number of rotatable bonds is 6. The van der Waals surface area contributed by atoms with Crippen LogP contribution < -0.4 is 0 Å². The Morgan fingerprint density at radius 2 is 2.11 bits per heavy atom. The van der Waals surface area contributed by atoms with Gasteiger partial charge in [-0.05, 0) is 37.1 Å². The van der Waals surface area contributed by atoms with Crippen LogP contribution in [0.3, 0.4) is 0 Å². The molecule has 0 fully saturated rings. The lowest BCUT2D eigenvalue weighted by Gasteiger charge is -2.24. The molecule has 0 bridgehead atoms. The quantitative estimate of drug-likeness (QED) is 0.753. The summed E-state index contributed by atoms with van der Waals surface area (Å²) in [5, 5.41) is 3.85. The third kappa shape index (κ3) is 4.67. The first-order valence-electron chi connectivity index (χ1n) is 6.28. The maximum Gasteiger partial charge on any atom is 0.345 e. The lowest BCUT2D eigenvalue weighted by atomic mass is 10.0. The molecule has 0 aromatic carbocycles. The molecule has 0 radical (unpaired) electrons. The fourth-order valence-corrected chi connectivity index (χ4v) is 2.23. The maximum atomic E-state index is 11.7. The SMILES string of the molecule is CCC(C)C(=O)OCC(=O)OC(C)(C)c1ccsc1. The minimum Gasteiger partial charge on any atom is -0.453 e. The molecular weight excluding hydrogens is 264 g/mol. The highest BCUT2D eigenvalue weighted by Crippen LogP contribution is 2.26. The van der Waals surface area contributed by atoms with Crippen molar-refractivity contribution >= 4 is 23.3 Å². The smallest absolute Gasteiger partial charge is 0.345 e. The fraction of sp³-hybridized carbons (Fsp3) is 0.571. The number of hydrogen-bond acceptors (Lipinski definition) is 5. The molecule has 0 aliphatic heterocycles. The summed E-state index contributed by atoms with van der Waals surface area (Å²) in [5.74, 6) is -1.10. The monoisotopic (exact) mass is 284 g/mol. The van der Waals surface area contributed by atoms with Crippen LogP contribution in [0.15, 0.2) is 16.8 Å². The van der Waals surface area contributed by atoms with E-state index in [1.54, 1.807) is 18.3 Å². The Morgan fingerprint density at radius 3 is 2.63 bits per heavy atom. The molecule has 0 spiro atoms. The first kappa shape index (κ1) is 15.7. The van der Waals surface area contributed by atoms with Gasteiger partial charge >= 0.3 is 11.9 Å². The highest BCUT2D eigenvalue weighted by atomic mass is 32.1. The highest BCUT2D eigenvalue weighted by Gasteiger charge is 2.26. The number of carbonyl (C=O) groups excluding carboxylic acids is 2. The Hall–Kier alpha value is -1.36. The number of thiophene rings is 1. The number of esters is 2. The summed E-state index contributed by atoms with van der Waals surface area (Å²) in [4.78, 5) is 23.1. The van der Waals surface area contributed by atoms with Crippen LogP contribution in [0, 0.1) is 5.92 Å². The third-order valence-corrected chi connectivity index (χ3v) is 3.62. The van der Waals surface area contributed by atoms with Crippen LogP contribution in [0.1, 0.15) is 39.7 Å². The Morgan fingerprint density at radius 1 is 1.42 bits per heavy atom. The van der Waals surface area contributed by atoms with Gasteiger partial charge in [0.2, 0.25) is 0 Å². The van der Waals surface area contributed by atoms with Crippen LogP contribution in [-0.4, -0.2) is 18.5 Å². The molecule has 0 saturated heterocycles. The number of carbonyl (C=O) groups is 2. The Kier molecular flexibility index (Phi) is 5.54. The van der Waals surface area contributed by atoms with Crippen molar-refractivity contribution in [2.75, 3.05) is 6.61 Å². The molecule has 106 valence electrons. The van der Waals surface area contributed by atoms with Gasteiger partial charge < -0.3 is 9.47 Å². The molecule has 0 aliphatic carbocycles. The van der Waals surface area contributed by atoms with Crippen molar-refractivity contribution in [3.8, 4) is 0 Å². The van der Waals surface area contributed by atoms with Gasteiger partial charge in [0.15, 0.2) is 6.61 Å². The van der Waals surface area contributed by atoms with Crippen LogP contribution in [-0.2, 0) is 24.7 Å². The molecule has 0 saturated carbocycles. The van der Waals surface area contributed by atoms with E-state index in [9.17, 15) is 9.59 Å². The van der Waals surface area contributed by atoms with Gasteiger partial charge in [0.05, 0.1) is 5.92 Å². The topological polar surface area (TPSA) is 52.6 Å². The molecular formula is C14H20O4S.